The maximum Gasteiger partial charge on any atom is 0.246 e. The van der Waals surface area contributed by atoms with Gasteiger partial charge in [0, 0.05) is 13.0 Å². The predicted molar refractivity (Wildman–Crippen MR) is 97.5 cm³/mol. The summed E-state index contributed by atoms with van der Waals surface area (Å²) < 4.78 is 0. The lowest BCUT2D eigenvalue weighted by Crippen LogP contribution is -2.53. The first kappa shape index (κ1) is 20.3. The van der Waals surface area contributed by atoms with Crippen LogP contribution in [-0.4, -0.2) is 35.0 Å². The van der Waals surface area contributed by atoms with Gasteiger partial charge in [-0.05, 0) is 60.1 Å². The zero-order valence-electron chi connectivity index (χ0n) is 16.5. The fourth-order valence-corrected chi connectivity index (χ4v) is 2.60. The molecular formula is C20H33NO4. The highest BCUT2D eigenvalue weighted by molar-refractivity contribution is 5.14. The Kier molecular flexibility index (Phi) is 6.62. The van der Waals surface area contributed by atoms with Crippen molar-refractivity contribution in [3.63, 3.8) is 0 Å². The monoisotopic (exact) mass is 351 g/mol. The van der Waals surface area contributed by atoms with E-state index in [9.17, 15) is 0 Å². The first-order valence-electron chi connectivity index (χ1n) is 9.07. The molecule has 0 radical (unpaired) electrons. The highest BCUT2D eigenvalue weighted by atomic mass is 17.3. The minimum absolute atomic E-state index is 0.417. The predicted octanol–water partition coefficient (Wildman–Crippen LogP) is 4.47. The van der Waals surface area contributed by atoms with Crippen molar-refractivity contribution in [2.24, 2.45) is 0 Å². The van der Waals surface area contributed by atoms with Crippen molar-refractivity contribution < 1.29 is 19.6 Å². The van der Waals surface area contributed by atoms with Crippen LogP contribution in [0.4, 0.5) is 0 Å². The molecule has 5 nitrogen and oxygen atoms in total. The lowest BCUT2D eigenvalue weighted by Gasteiger charge is -2.41. The standard InChI is InChI=1S/C20H33NO4/c1-18(2,3)22-24-20(25-23-19(4,5)6)13-10-14-21(16-20)15-17-11-8-7-9-12-17/h7-9,11-12H,10,13-16H2,1-6H3. The third kappa shape index (κ3) is 7.42. The normalized spacial score (nSPS) is 19.1. The topological polar surface area (TPSA) is 40.2 Å². The molecule has 0 N–H and O–H groups in total. The summed E-state index contributed by atoms with van der Waals surface area (Å²) in [6, 6.07) is 10.4. The zero-order chi connectivity index (χ0) is 18.6. The molecule has 2 rings (SSSR count). The van der Waals surface area contributed by atoms with Gasteiger partial charge in [-0.2, -0.15) is 9.78 Å². The van der Waals surface area contributed by atoms with Gasteiger partial charge in [0.1, 0.15) is 0 Å². The molecule has 0 atom stereocenters. The van der Waals surface area contributed by atoms with Crippen molar-refractivity contribution in [1.29, 1.82) is 0 Å². The van der Waals surface area contributed by atoms with Gasteiger partial charge in [-0.25, -0.2) is 9.78 Å². The maximum absolute atomic E-state index is 5.81. The lowest BCUT2D eigenvalue weighted by atomic mass is 10.0. The van der Waals surface area contributed by atoms with Gasteiger partial charge in [0.15, 0.2) is 0 Å². The Bertz CT molecular complexity index is 501. The third-order valence-corrected chi connectivity index (χ3v) is 3.63. The van der Waals surface area contributed by atoms with Gasteiger partial charge in [-0.3, -0.25) is 4.90 Å². The fourth-order valence-electron chi connectivity index (χ4n) is 2.60. The summed E-state index contributed by atoms with van der Waals surface area (Å²) >= 11 is 0. The third-order valence-electron chi connectivity index (χ3n) is 3.63. The van der Waals surface area contributed by atoms with Gasteiger partial charge in [0.05, 0.1) is 17.7 Å². The van der Waals surface area contributed by atoms with E-state index in [2.05, 4.69) is 29.2 Å². The molecule has 0 aliphatic carbocycles. The van der Waals surface area contributed by atoms with E-state index in [4.69, 9.17) is 19.6 Å². The Morgan fingerprint density at radius 3 is 2.00 bits per heavy atom. The highest BCUT2D eigenvalue weighted by Gasteiger charge is 2.42. The molecule has 1 fully saturated rings. The summed E-state index contributed by atoms with van der Waals surface area (Å²) in [5.74, 6) is -0.923. The molecule has 0 amide bonds. The summed E-state index contributed by atoms with van der Waals surface area (Å²) in [5.41, 5.74) is 0.436. The van der Waals surface area contributed by atoms with Crippen LogP contribution in [0.2, 0.25) is 0 Å². The SMILES string of the molecule is CC(C)(C)OOC1(OOC(C)(C)C)CCCN(Cc2ccccc2)C1. The molecule has 1 aromatic carbocycles. The average molecular weight is 351 g/mol. The summed E-state index contributed by atoms with van der Waals surface area (Å²) in [5, 5.41) is 0. The zero-order valence-corrected chi connectivity index (χ0v) is 16.5. The molecule has 0 unspecified atom stereocenters. The van der Waals surface area contributed by atoms with Crippen molar-refractivity contribution in [1.82, 2.24) is 4.90 Å². The number of rotatable bonds is 6. The number of nitrogens with zero attached hydrogens (tertiary/aromatic N) is 1. The van der Waals surface area contributed by atoms with Crippen LogP contribution < -0.4 is 0 Å². The van der Waals surface area contributed by atoms with E-state index in [1.807, 2.05) is 47.6 Å². The van der Waals surface area contributed by atoms with Crippen LogP contribution in [0, 0.1) is 0 Å². The van der Waals surface area contributed by atoms with E-state index in [-0.39, 0.29) is 0 Å². The van der Waals surface area contributed by atoms with Gasteiger partial charge in [-0.15, -0.1) is 0 Å². The first-order chi connectivity index (χ1) is 11.6. The molecule has 0 bridgehead atoms. The largest absolute Gasteiger partial charge is 0.294 e. The van der Waals surface area contributed by atoms with Crippen molar-refractivity contribution in [3.05, 3.63) is 35.9 Å². The Balaban J connectivity index is 2.07. The Morgan fingerprint density at radius 1 is 0.920 bits per heavy atom. The van der Waals surface area contributed by atoms with Gasteiger partial charge >= 0.3 is 0 Å². The molecule has 0 spiro atoms. The van der Waals surface area contributed by atoms with Gasteiger partial charge < -0.3 is 0 Å². The van der Waals surface area contributed by atoms with E-state index in [0.29, 0.717) is 6.54 Å². The first-order valence-corrected chi connectivity index (χ1v) is 9.07. The van der Waals surface area contributed by atoms with Crippen LogP contribution in [0.5, 0.6) is 0 Å². The van der Waals surface area contributed by atoms with Gasteiger partial charge in [0.25, 0.3) is 0 Å². The van der Waals surface area contributed by atoms with Crippen LogP contribution in [0.3, 0.4) is 0 Å². The number of piperidine rings is 1. The minimum atomic E-state index is -0.923. The quantitative estimate of drug-likeness (QED) is 0.429. The van der Waals surface area contributed by atoms with Crippen LogP contribution in [0.25, 0.3) is 0 Å². The summed E-state index contributed by atoms with van der Waals surface area (Å²) in [4.78, 5) is 25.1. The molecule has 1 aromatic rings. The van der Waals surface area contributed by atoms with Crippen molar-refractivity contribution >= 4 is 0 Å². The van der Waals surface area contributed by atoms with Crippen molar-refractivity contribution in [3.8, 4) is 0 Å². The lowest BCUT2D eigenvalue weighted by molar-refractivity contribution is -0.545. The minimum Gasteiger partial charge on any atom is -0.294 e. The number of hydrogen-bond acceptors (Lipinski definition) is 5. The summed E-state index contributed by atoms with van der Waals surface area (Å²) in [6.45, 7) is 14.2. The highest BCUT2D eigenvalue weighted by Crippen LogP contribution is 2.31. The van der Waals surface area contributed by atoms with Crippen molar-refractivity contribution in [2.75, 3.05) is 13.1 Å². The molecule has 1 saturated heterocycles. The Hall–Kier alpha value is -0.980. The molecule has 0 saturated carbocycles. The number of likely N-dealkylation sites (tertiary alicyclic amines) is 1. The molecule has 1 aliphatic rings. The van der Waals surface area contributed by atoms with E-state index >= 15 is 0 Å². The van der Waals surface area contributed by atoms with Crippen LogP contribution in [0.15, 0.2) is 30.3 Å². The van der Waals surface area contributed by atoms with Crippen molar-refractivity contribution in [2.45, 2.75) is 77.9 Å². The summed E-state index contributed by atoms with van der Waals surface area (Å²) in [6.07, 6.45) is 1.68. The molecule has 1 heterocycles. The summed E-state index contributed by atoms with van der Waals surface area (Å²) in [7, 11) is 0. The van der Waals surface area contributed by atoms with E-state index < -0.39 is 17.0 Å². The number of hydrogen-bond donors (Lipinski definition) is 0. The molecular weight excluding hydrogens is 318 g/mol. The van der Waals surface area contributed by atoms with Crippen LogP contribution >= 0.6 is 0 Å². The Morgan fingerprint density at radius 2 is 1.48 bits per heavy atom. The second-order valence-corrected chi connectivity index (χ2v) is 8.77. The van der Waals surface area contributed by atoms with Crippen LogP contribution in [0.1, 0.15) is 59.9 Å². The van der Waals surface area contributed by atoms with Gasteiger partial charge in [0.2, 0.25) is 5.79 Å². The maximum atomic E-state index is 5.81. The van der Waals surface area contributed by atoms with E-state index in [1.165, 1.54) is 5.56 Å². The fraction of sp³-hybridized carbons (Fsp3) is 0.700. The molecule has 1 aliphatic heterocycles. The van der Waals surface area contributed by atoms with E-state index in [1.54, 1.807) is 0 Å². The smallest absolute Gasteiger partial charge is 0.246 e. The average Bonchev–Trinajstić information content (AvgIpc) is 2.51. The molecule has 25 heavy (non-hydrogen) atoms. The Labute approximate surface area is 152 Å². The second kappa shape index (κ2) is 8.14. The molecule has 0 aromatic heterocycles. The molecule has 142 valence electrons. The van der Waals surface area contributed by atoms with E-state index in [0.717, 1.165) is 25.9 Å². The molecule has 5 heteroatoms. The van der Waals surface area contributed by atoms with Gasteiger partial charge in [-0.1, -0.05) is 30.3 Å². The van der Waals surface area contributed by atoms with Crippen LogP contribution in [-0.2, 0) is 26.1 Å². The number of benzene rings is 1. The second-order valence-electron chi connectivity index (χ2n) is 8.77.